The van der Waals surface area contributed by atoms with Crippen LogP contribution in [0.2, 0.25) is 0 Å². The summed E-state index contributed by atoms with van der Waals surface area (Å²) >= 11 is 0. The number of hydrogen-bond acceptors (Lipinski definition) is 4. The highest BCUT2D eigenvalue weighted by Crippen LogP contribution is 2.26. The summed E-state index contributed by atoms with van der Waals surface area (Å²) in [6.45, 7) is 3.47. The van der Waals surface area contributed by atoms with Crippen LogP contribution >= 0.6 is 0 Å². The van der Waals surface area contributed by atoms with Crippen LogP contribution in [-0.4, -0.2) is 50.2 Å². The largest absolute Gasteiger partial charge is 0.352 e. The predicted octanol–water partition coefficient (Wildman–Crippen LogP) is 1.01. The van der Waals surface area contributed by atoms with Crippen molar-refractivity contribution in [1.82, 2.24) is 14.9 Å². The number of amides is 2. The smallest absolute Gasteiger partial charge is 0.246 e. The molecule has 1 fully saturated rings. The third-order valence-corrected chi connectivity index (χ3v) is 6.12. The molecule has 0 unspecified atom stereocenters. The Morgan fingerprint density at radius 3 is 2.44 bits per heavy atom. The Kier molecular flexibility index (Phi) is 6.88. The van der Waals surface area contributed by atoms with Crippen LogP contribution in [0.1, 0.15) is 26.7 Å². The van der Waals surface area contributed by atoms with Crippen molar-refractivity contribution in [3.05, 3.63) is 29.8 Å². The van der Waals surface area contributed by atoms with E-state index in [0.29, 0.717) is 6.07 Å². The Balaban J connectivity index is 1.93. The molecule has 0 aromatic heterocycles. The Bertz CT molecular complexity index is 806. The first-order valence-corrected chi connectivity index (χ1v) is 10.1. The molecule has 27 heavy (non-hydrogen) atoms. The lowest BCUT2D eigenvalue weighted by Crippen LogP contribution is -2.45. The second-order valence-corrected chi connectivity index (χ2v) is 8.60. The van der Waals surface area contributed by atoms with Crippen molar-refractivity contribution in [2.75, 3.05) is 19.6 Å². The van der Waals surface area contributed by atoms with E-state index in [4.69, 9.17) is 0 Å². The van der Waals surface area contributed by atoms with Gasteiger partial charge in [-0.2, -0.15) is 4.31 Å². The fourth-order valence-corrected chi connectivity index (χ4v) is 4.40. The summed E-state index contributed by atoms with van der Waals surface area (Å²) in [7, 11) is -4.18. The van der Waals surface area contributed by atoms with Crippen LogP contribution in [0.25, 0.3) is 0 Å². The number of halogens is 2. The Labute approximate surface area is 157 Å². The van der Waals surface area contributed by atoms with Crippen LogP contribution in [0.3, 0.4) is 0 Å². The van der Waals surface area contributed by atoms with Gasteiger partial charge >= 0.3 is 0 Å². The number of rotatable bonds is 6. The Hall–Kier alpha value is -2.07. The van der Waals surface area contributed by atoms with Gasteiger partial charge in [0.2, 0.25) is 21.8 Å². The van der Waals surface area contributed by atoms with Crippen LogP contribution < -0.4 is 10.6 Å². The molecule has 0 radical (unpaired) electrons. The van der Waals surface area contributed by atoms with Gasteiger partial charge in [-0.25, -0.2) is 17.2 Å². The normalized spacial score (nSPS) is 16.3. The highest BCUT2D eigenvalue weighted by atomic mass is 32.2. The monoisotopic (exact) mass is 403 g/mol. The molecule has 2 amide bonds. The molecule has 1 saturated heterocycles. The highest BCUT2D eigenvalue weighted by molar-refractivity contribution is 7.89. The minimum atomic E-state index is -4.18. The zero-order valence-corrected chi connectivity index (χ0v) is 16.0. The molecule has 1 aromatic carbocycles. The summed E-state index contributed by atoms with van der Waals surface area (Å²) in [4.78, 5) is 23.0. The van der Waals surface area contributed by atoms with E-state index in [1.807, 2.05) is 0 Å². The zero-order chi connectivity index (χ0) is 20.2. The third kappa shape index (κ3) is 5.46. The van der Waals surface area contributed by atoms with Gasteiger partial charge in [-0.05, 0) is 44.9 Å². The van der Waals surface area contributed by atoms with E-state index < -0.39 is 32.5 Å². The van der Waals surface area contributed by atoms with Gasteiger partial charge in [-0.15, -0.1) is 0 Å². The fourth-order valence-electron chi connectivity index (χ4n) is 2.86. The van der Waals surface area contributed by atoms with Crippen LogP contribution in [0.5, 0.6) is 0 Å². The summed E-state index contributed by atoms with van der Waals surface area (Å²) in [5.74, 6) is -2.94. The molecule has 0 aliphatic carbocycles. The second-order valence-electron chi connectivity index (χ2n) is 6.69. The summed E-state index contributed by atoms with van der Waals surface area (Å²) < 4.78 is 53.2. The van der Waals surface area contributed by atoms with E-state index in [2.05, 4.69) is 10.6 Å². The van der Waals surface area contributed by atoms with Crippen molar-refractivity contribution in [3.63, 3.8) is 0 Å². The number of sulfonamides is 1. The van der Waals surface area contributed by atoms with Crippen LogP contribution in [0.4, 0.5) is 8.78 Å². The lowest BCUT2D eigenvalue weighted by atomic mass is 9.97. The van der Waals surface area contributed by atoms with Gasteiger partial charge in [-0.1, -0.05) is 0 Å². The molecule has 0 atom stereocenters. The molecule has 7 nitrogen and oxygen atoms in total. The van der Waals surface area contributed by atoms with Crippen molar-refractivity contribution in [3.8, 4) is 0 Å². The lowest BCUT2D eigenvalue weighted by molar-refractivity contribution is -0.129. The van der Waals surface area contributed by atoms with Gasteiger partial charge in [0.1, 0.15) is 16.5 Å². The molecular formula is C17H23F2N3O4S. The Morgan fingerprint density at radius 2 is 1.85 bits per heavy atom. The van der Waals surface area contributed by atoms with E-state index in [1.54, 1.807) is 13.8 Å². The first-order chi connectivity index (χ1) is 12.6. The molecule has 0 saturated carbocycles. The molecule has 1 aliphatic heterocycles. The molecule has 2 N–H and O–H groups in total. The summed E-state index contributed by atoms with van der Waals surface area (Å²) in [6, 6.07) is 2.23. The minimum Gasteiger partial charge on any atom is -0.352 e. The number of nitrogens with one attached hydrogen (secondary N) is 2. The van der Waals surface area contributed by atoms with Gasteiger partial charge in [0.25, 0.3) is 0 Å². The summed E-state index contributed by atoms with van der Waals surface area (Å²) in [5.41, 5.74) is 0. The quantitative estimate of drug-likeness (QED) is 0.741. The molecule has 0 spiro atoms. The first-order valence-electron chi connectivity index (χ1n) is 8.63. The average Bonchev–Trinajstić information content (AvgIpc) is 2.61. The van der Waals surface area contributed by atoms with Crippen molar-refractivity contribution >= 4 is 21.8 Å². The lowest BCUT2D eigenvalue weighted by Gasteiger charge is -2.30. The third-order valence-electron chi connectivity index (χ3n) is 4.21. The number of nitrogens with zero attached hydrogens (tertiary/aromatic N) is 1. The van der Waals surface area contributed by atoms with E-state index in [0.717, 1.165) is 16.4 Å². The van der Waals surface area contributed by atoms with E-state index in [9.17, 15) is 26.8 Å². The SMILES string of the molecule is CC(C)NC(=O)CNC(=O)C1CCN(S(=O)(=O)c2cc(F)ccc2F)CC1. The van der Waals surface area contributed by atoms with Gasteiger partial charge in [0.15, 0.2) is 0 Å². The zero-order valence-electron chi connectivity index (χ0n) is 15.2. The molecule has 10 heteroatoms. The number of piperidine rings is 1. The first kappa shape index (κ1) is 21.2. The average molecular weight is 403 g/mol. The number of hydrogen-bond donors (Lipinski definition) is 2. The maximum Gasteiger partial charge on any atom is 0.246 e. The van der Waals surface area contributed by atoms with Crippen molar-refractivity contribution in [2.24, 2.45) is 5.92 Å². The van der Waals surface area contributed by atoms with Gasteiger partial charge in [-0.3, -0.25) is 9.59 Å². The van der Waals surface area contributed by atoms with Crippen molar-refractivity contribution < 1.29 is 26.8 Å². The van der Waals surface area contributed by atoms with Gasteiger partial charge in [0, 0.05) is 25.0 Å². The van der Waals surface area contributed by atoms with Crippen molar-refractivity contribution in [2.45, 2.75) is 37.6 Å². The molecule has 1 heterocycles. The van der Waals surface area contributed by atoms with E-state index in [1.165, 1.54) is 0 Å². The second kappa shape index (κ2) is 8.75. The van der Waals surface area contributed by atoms with E-state index >= 15 is 0 Å². The Morgan fingerprint density at radius 1 is 1.22 bits per heavy atom. The van der Waals surface area contributed by atoms with E-state index in [-0.39, 0.29) is 50.3 Å². The van der Waals surface area contributed by atoms with Crippen molar-refractivity contribution in [1.29, 1.82) is 0 Å². The topological polar surface area (TPSA) is 95.6 Å². The fraction of sp³-hybridized carbons (Fsp3) is 0.529. The molecule has 150 valence electrons. The van der Waals surface area contributed by atoms with Gasteiger partial charge in [0.05, 0.1) is 6.54 Å². The number of benzene rings is 1. The van der Waals surface area contributed by atoms with Crippen LogP contribution in [-0.2, 0) is 19.6 Å². The summed E-state index contributed by atoms with van der Waals surface area (Å²) in [5, 5.41) is 5.18. The minimum absolute atomic E-state index is 0.00850. The molecule has 2 rings (SSSR count). The molecule has 0 bridgehead atoms. The number of carbonyl (C=O) groups excluding carboxylic acids is 2. The maximum absolute atomic E-state index is 13.8. The van der Waals surface area contributed by atoms with Crippen LogP contribution in [0.15, 0.2) is 23.1 Å². The number of carbonyl (C=O) groups is 2. The van der Waals surface area contributed by atoms with Gasteiger partial charge < -0.3 is 10.6 Å². The predicted molar refractivity (Wildman–Crippen MR) is 94.1 cm³/mol. The summed E-state index contributed by atoms with van der Waals surface area (Å²) in [6.07, 6.45) is 0.460. The molecule has 1 aromatic rings. The molecular weight excluding hydrogens is 380 g/mol. The van der Waals surface area contributed by atoms with Crippen LogP contribution in [0, 0.1) is 17.6 Å². The highest BCUT2D eigenvalue weighted by Gasteiger charge is 2.33. The molecule has 1 aliphatic rings. The maximum atomic E-state index is 13.8. The standard InChI is InChI=1S/C17H23F2N3O4S/c1-11(2)21-16(23)10-20-17(24)12-5-7-22(8-6-12)27(25,26)15-9-13(18)3-4-14(15)19/h3-4,9,11-12H,5-8,10H2,1-2H3,(H,20,24)(H,21,23).